The van der Waals surface area contributed by atoms with Crippen LogP contribution in [-0.2, 0) is 6.54 Å². The maximum absolute atomic E-state index is 12.1. The van der Waals surface area contributed by atoms with Crippen LogP contribution in [0, 0.1) is 0 Å². The lowest BCUT2D eigenvalue weighted by Gasteiger charge is -2.14. The average Bonchev–Trinajstić information content (AvgIpc) is 2.03. The monoisotopic (exact) mass is 174 g/mol. The molecule has 12 heavy (non-hydrogen) atoms. The standard InChI is InChI=1S/C7H8BF3N/c9-8(10,11)7-3-1-6(5-12)2-4-7/h1-4H,5,12H2/q-1. The van der Waals surface area contributed by atoms with E-state index in [1.807, 2.05) is 0 Å². The number of hydrogen-bond acceptors (Lipinski definition) is 1. The Bertz CT molecular complexity index is 254. The molecule has 2 N–H and O–H groups in total. The van der Waals surface area contributed by atoms with Gasteiger partial charge >= 0.3 is 6.98 Å². The minimum absolute atomic E-state index is 0.269. The molecular weight excluding hydrogens is 166 g/mol. The van der Waals surface area contributed by atoms with Gasteiger partial charge in [-0.2, -0.15) is 0 Å². The number of halogens is 3. The van der Waals surface area contributed by atoms with Gasteiger partial charge in [-0.3, -0.25) is 0 Å². The molecule has 0 bridgehead atoms. The lowest BCUT2D eigenvalue weighted by Crippen LogP contribution is -2.33. The fourth-order valence-corrected chi connectivity index (χ4v) is 0.872. The van der Waals surface area contributed by atoms with E-state index in [9.17, 15) is 12.9 Å². The van der Waals surface area contributed by atoms with Gasteiger partial charge in [0.15, 0.2) is 0 Å². The molecule has 1 nitrogen and oxygen atoms in total. The molecule has 0 heterocycles. The van der Waals surface area contributed by atoms with Crippen LogP contribution in [0.4, 0.5) is 12.9 Å². The van der Waals surface area contributed by atoms with Crippen molar-refractivity contribution in [3.8, 4) is 0 Å². The first-order chi connectivity index (χ1) is 5.54. The van der Waals surface area contributed by atoms with E-state index in [0.29, 0.717) is 5.56 Å². The van der Waals surface area contributed by atoms with Gasteiger partial charge in [0, 0.05) is 6.54 Å². The van der Waals surface area contributed by atoms with E-state index in [4.69, 9.17) is 5.73 Å². The van der Waals surface area contributed by atoms with E-state index >= 15 is 0 Å². The van der Waals surface area contributed by atoms with Crippen LogP contribution in [0.25, 0.3) is 0 Å². The number of rotatable bonds is 2. The molecule has 1 aromatic carbocycles. The molecule has 0 atom stereocenters. The quantitative estimate of drug-likeness (QED) is 0.669. The third-order valence-electron chi connectivity index (χ3n) is 1.59. The highest BCUT2D eigenvalue weighted by Crippen LogP contribution is 2.09. The van der Waals surface area contributed by atoms with Crippen LogP contribution in [0.1, 0.15) is 5.56 Å². The lowest BCUT2D eigenvalue weighted by molar-refractivity contribution is 0.501. The molecule has 0 spiro atoms. The maximum Gasteiger partial charge on any atom is 0.509 e. The minimum Gasteiger partial charge on any atom is -0.445 e. The lowest BCUT2D eigenvalue weighted by atomic mass is 9.80. The molecule has 66 valence electrons. The molecule has 0 aliphatic heterocycles. The van der Waals surface area contributed by atoms with Crippen LogP contribution < -0.4 is 11.2 Å². The van der Waals surface area contributed by atoms with E-state index in [0.717, 1.165) is 12.1 Å². The van der Waals surface area contributed by atoms with Crippen molar-refractivity contribution < 1.29 is 12.9 Å². The molecule has 0 radical (unpaired) electrons. The van der Waals surface area contributed by atoms with Crippen molar-refractivity contribution in [2.75, 3.05) is 0 Å². The summed E-state index contributed by atoms with van der Waals surface area (Å²) in [5.41, 5.74) is 5.36. The van der Waals surface area contributed by atoms with E-state index < -0.39 is 12.4 Å². The Morgan fingerprint density at radius 3 is 1.92 bits per heavy atom. The molecule has 0 fully saturated rings. The summed E-state index contributed by atoms with van der Waals surface area (Å²) in [5, 5.41) is 0. The number of nitrogens with two attached hydrogens (primary N) is 1. The molecular formula is C7H8BF3N-. The average molecular weight is 174 g/mol. The summed E-state index contributed by atoms with van der Waals surface area (Å²) < 4.78 is 36.2. The van der Waals surface area contributed by atoms with Gasteiger partial charge in [0.2, 0.25) is 0 Å². The summed E-state index contributed by atoms with van der Waals surface area (Å²) in [6.07, 6.45) is 0. The second-order valence-corrected chi connectivity index (χ2v) is 2.52. The van der Waals surface area contributed by atoms with Gasteiger partial charge in [-0.25, -0.2) is 0 Å². The molecule has 1 rings (SSSR count). The zero-order chi connectivity index (χ0) is 9.19. The smallest absolute Gasteiger partial charge is 0.445 e. The van der Waals surface area contributed by atoms with E-state index in [1.54, 1.807) is 0 Å². The summed E-state index contributed by atoms with van der Waals surface area (Å²) in [4.78, 5) is 0. The van der Waals surface area contributed by atoms with Gasteiger partial charge in [-0.1, -0.05) is 24.3 Å². The Hall–Kier alpha value is -0.965. The Kier molecular flexibility index (Phi) is 2.42. The highest BCUT2D eigenvalue weighted by Gasteiger charge is 2.24. The van der Waals surface area contributed by atoms with Gasteiger partial charge in [0.25, 0.3) is 0 Å². The molecule has 5 heteroatoms. The topological polar surface area (TPSA) is 26.0 Å². The van der Waals surface area contributed by atoms with Crippen LogP contribution in [-0.4, -0.2) is 6.98 Å². The number of hydrogen-bond donors (Lipinski definition) is 1. The van der Waals surface area contributed by atoms with E-state index in [-0.39, 0.29) is 6.54 Å². The fourth-order valence-electron chi connectivity index (χ4n) is 0.872. The Morgan fingerprint density at radius 2 is 1.58 bits per heavy atom. The normalized spacial score (nSPS) is 11.7. The second kappa shape index (κ2) is 3.19. The van der Waals surface area contributed by atoms with Crippen LogP contribution >= 0.6 is 0 Å². The molecule has 0 saturated heterocycles. The Morgan fingerprint density at radius 1 is 1.08 bits per heavy atom. The van der Waals surface area contributed by atoms with Crippen molar-refractivity contribution in [1.82, 2.24) is 0 Å². The van der Waals surface area contributed by atoms with Crippen molar-refractivity contribution >= 4 is 12.4 Å². The largest absolute Gasteiger partial charge is 0.509 e. The van der Waals surface area contributed by atoms with Crippen LogP contribution in [0.15, 0.2) is 24.3 Å². The third kappa shape index (κ3) is 2.01. The van der Waals surface area contributed by atoms with Crippen molar-refractivity contribution in [3.63, 3.8) is 0 Å². The van der Waals surface area contributed by atoms with Crippen molar-refractivity contribution in [1.29, 1.82) is 0 Å². The van der Waals surface area contributed by atoms with Crippen LogP contribution in [0.2, 0.25) is 0 Å². The molecule has 0 aliphatic rings. The first-order valence-electron chi connectivity index (χ1n) is 3.53. The Labute approximate surface area is 68.4 Å². The van der Waals surface area contributed by atoms with E-state index in [2.05, 4.69) is 0 Å². The molecule has 0 saturated carbocycles. The van der Waals surface area contributed by atoms with Crippen LogP contribution in [0.3, 0.4) is 0 Å². The fraction of sp³-hybridized carbons (Fsp3) is 0.143. The molecule has 0 aliphatic carbocycles. The van der Waals surface area contributed by atoms with Crippen LogP contribution in [0.5, 0.6) is 0 Å². The summed E-state index contributed by atoms with van der Waals surface area (Å²) in [5.74, 6) is 0. The second-order valence-electron chi connectivity index (χ2n) is 2.52. The predicted molar refractivity (Wildman–Crippen MR) is 43.0 cm³/mol. The van der Waals surface area contributed by atoms with Gasteiger partial charge in [-0.05, 0) is 5.56 Å². The summed E-state index contributed by atoms with van der Waals surface area (Å²) >= 11 is 0. The first-order valence-corrected chi connectivity index (χ1v) is 3.53. The summed E-state index contributed by atoms with van der Waals surface area (Å²) in [7, 11) is 0. The minimum atomic E-state index is -4.87. The molecule has 0 amide bonds. The summed E-state index contributed by atoms with van der Waals surface area (Å²) in [6, 6.07) is 4.90. The maximum atomic E-state index is 12.1. The van der Waals surface area contributed by atoms with Crippen molar-refractivity contribution in [3.05, 3.63) is 29.8 Å². The van der Waals surface area contributed by atoms with Gasteiger partial charge < -0.3 is 18.7 Å². The molecule has 0 unspecified atom stereocenters. The Balaban J connectivity index is 2.93. The zero-order valence-corrected chi connectivity index (χ0v) is 6.31. The molecule has 1 aromatic rings. The SMILES string of the molecule is NCc1ccc([B-](F)(F)F)cc1. The molecule has 0 aromatic heterocycles. The highest BCUT2D eigenvalue weighted by molar-refractivity contribution is 6.73. The summed E-state index contributed by atoms with van der Waals surface area (Å²) in [6.45, 7) is -4.60. The predicted octanol–water partition coefficient (Wildman–Crippen LogP) is 1.20. The van der Waals surface area contributed by atoms with Crippen molar-refractivity contribution in [2.24, 2.45) is 5.73 Å². The third-order valence-corrected chi connectivity index (χ3v) is 1.59. The van der Waals surface area contributed by atoms with Crippen molar-refractivity contribution in [2.45, 2.75) is 6.54 Å². The number of benzene rings is 1. The van der Waals surface area contributed by atoms with E-state index in [1.165, 1.54) is 12.1 Å². The van der Waals surface area contributed by atoms with Gasteiger partial charge in [0.1, 0.15) is 0 Å². The van der Waals surface area contributed by atoms with Gasteiger partial charge in [0.05, 0.1) is 0 Å². The highest BCUT2D eigenvalue weighted by atomic mass is 19.4. The zero-order valence-electron chi connectivity index (χ0n) is 6.31. The first kappa shape index (κ1) is 9.13. The van der Waals surface area contributed by atoms with Gasteiger partial charge in [-0.15, -0.1) is 5.46 Å².